The Bertz CT molecular complexity index is 291. The van der Waals surface area contributed by atoms with Gasteiger partial charge in [0.15, 0.2) is 0 Å². The molecule has 0 bridgehead atoms. The Hall–Kier alpha value is -0.870. The molecule has 4 nitrogen and oxygen atoms in total. The maximum Gasteiger partial charge on any atom is 0.278 e. The van der Waals surface area contributed by atoms with Crippen LogP contribution in [0, 0.1) is 0 Å². The van der Waals surface area contributed by atoms with Gasteiger partial charge >= 0.3 is 0 Å². The van der Waals surface area contributed by atoms with Gasteiger partial charge in [0, 0.05) is 18.7 Å². The van der Waals surface area contributed by atoms with Gasteiger partial charge in [0.1, 0.15) is 0 Å². The summed E-state index contributed by atoms with van der Waals surface area (Å²) in [5.41, 5.74) is 7.29. The van der Waals surface area contributed by atoms with Crippen molar-refractivity contribution in [2.24, 2.45) is 0 Å². The molecule has 0 spiro atoms. The van der Waals surface area contributed by atoms with Crippen LogP contribution in [0.3, 0.4) is 0 Å². The molecule has 0 aromatic heterocycles. The van der Waals surface area contributed by atoms with Crippen LogP contribution < -0.4 is 10.9 Å². The van der Waals surface area contributed by atoms with Gasteiger partial charge in [-0.05, 0) is 26.2 Å². The Morgan fingerprint density at radius 3 is 1.82 bits per heavy atom. The molecule has 0 unspecified atom stereocenters. The third kappa shape index (κ3) is 10.8. The highest BCUT2D eigenvalue weighted by Gasteiger charge is 2.14. The van der Waals surface area contributed by atoms with E-state index in [0.29, 0.717) is 0 Å². The van der Waals surface area contributed by atoms with E-state index in [1.165, 1.54) is 25.7 Å². The number of unbranched alkanes of at least 4 members (excludes halogenated alkanes) is 6. The molecule has 0 saturated heterocycles. The van der Waals surface area contributed by atoms with Gasteiger partial charge in [-0.1, -0.05) is 65.4 Å². The Labute approximate surface area is 137 Å². The Kier molecular flexibility index (Phi) is 14.4. The number of hydrazine groups is 2. The maximum absolute atomic E-state index is 12.5. The average molecular weight is 312 g/mol. The molecule has 130 valence electrons. The minimum Gasteiger partial charge on any atom is -0.267 e. The Morgan fingerprint density at radius 2 is 1.36 bits per heavy atom. The lowest BCUT2D eigenvalue weighted by molar-refractivity contribution is -0.134. The zero-order chi connectivity index (χ0) is 16.6. The summed E-state index contributed by atoms with van der Waals surface area (Å²) < 4.78 is 0. The number of hydrogen-bond donors (Lipinski definition) is 2. The quantitative estimate of drug-likeness (QED) is 0.285. The third-order valence-electron chi connectivity index (χ3n) is 3.65. The molecule has 0 aromatic rings. The van der Waals surface area contributed by atoms with E-state index in [2.05, 4.69) is 37.7 Å². The monoisotopic (exact) mass is 311 g/mol. The maximum atomic E-state index is 12.5. The first-order chi connectivity index (χ1) is 10.7. The molecule has 1 amide bonds. The topological polar surface area (TPSA) is 44.4 Å². The fraction of sp³-hybridized carbons (Fsp3) is 0.833. The number of rotatable bonds is 14. The smallest absolute Gasteiger partial charge is 0.267 e. The molecule has 2 N–H and O–H groups in total. The number of carbonyl (C=O) groups excluding carboxylic acids is 1. The van der Waals surface area contributed by atoms with Crippen LogP contribution in [0.25, 0.3) is 0 Å². The van der Waals surface area contributed by atoms with E-state index in [1.54, 1.807) is 5.12 Å². The molecule has 0 aliphatic carbocycles. The second kappa shape index (κ2) is 15.0. The minimum absolute atomic E-state index is 0.0455. The van der Waals surface area contributed by atoms with Crippen molar-refractivity contribution < 1.29 is 4.79 Å². The Morgan fingerprint density at radius 1 is 0.864 bits per heavy atom. The molecule has 0 atom stereocenters. The van der Waals surface area contributed by atoms with Gasteiger partial charge in [-0.3, -0.25) is 4.79 Å². The lowest BCUT2D eigenvalue weighted by atomic mass is 10.2. The predicted molar refractivity (Wildman–Crippen MR) is 95.2 cm³/mol. The standard InChI is InChI=1S/C18H37N3O/c1-5-8-11-14-17(4)18(22)21(19-15-12-9-6-2)20-16-13-10-7-3/h14,19-20H,5-13,15-16H2,1-4H3. The van der Waals surface area contributed by atoms with Gasteiger partial charge in [0.25, 0.3) is 5.91 Å². The van der Waals surface area contributed by atoms with Crippen molar-refractivity contribution in [3.63, 3.8) is 0 Å². The first-order valence-corrected chi connectivity index (χ1v) is 9.15. The number of hydrogen-bond acceptors (Lipinski definition) is 3. The number of nitrogens with one attached hydrogen (secondary N) is 2. The lowest BCUT2D eigenvalue weighted by Gasteiger charge is -2.24. The molecule has 0 aliphatic rings. The summed E-state index contributed by atoms with van der Waals surface area (Å²) >= 11 is 0. The van der Waals surface area contributed by atoms with Crippen molar-refractivity contribution in [3.05, 3.63) is 11.6 Å². The minimum atomic E-state index is 0.0455. The predicted octanol–water partition coefficient (Wildman–Crippen LogP) is 4.34. The van der Waals surface area contributed by atoms with Crippen molar-refractivity contribution in [2.45, 2.75) is 85.5 Å². The van der Waals surface area contributed by atoms with Crippen LogP contribution in [0.5, 0.6) is 0 Å². The molecule has 4 heteroatoms. The van der Waals surface area contributed by atoms with Crippen molar-refractivity contribution in [2.75, 3.05) is 13.1 Å². The second-order valence-electron chi connectivity index (χ2n) is 5.90. The summed E-state index contributed by atoms with van der Waals surface area (Å²) in [4.78, 5) is 12.5. The molecule has 0 heterocycles. The van der Waals surface area contributed by atoms with E-state index in [0.717, 1.165) is 50.8 Å². The van der Waals surface area contributed by atoms with E-state index in [4.69, 9.17) is 0 Å². The number of carbonyl (C=O) groups is 1. The number of allylic oxidation sites excluding steroid dienone is 1. The average Bonchev–Trinajstić information content (AvgIpc) is 2.53. The number of amides is 1. The van der Waals surface area contributed by atoms with Crippen LogP contribution >= 0.6 is 0 Å². The first kappa shape index (κ1) is 21.1. The van der Waals surface area contributed by atoms with Crippen LogP contribution in [-0.2, 0) is 4.79 Å². The van der Waals surface area contributed by atoms with E-state index in [9.17, 15) is 4.79 Å². The Balaban J connectivity index is 4.38. The van der Waals surface area contributed by atoms with Crippen molar-refractivity contribution in [3.8, 4) is 0 Å². The fourth-order valence-electron chi connectivity index (χ4n) is 2.12. The second-order valence-corrected chi connectivity index (χ2v) is 5.90. The molecule has 0 radical (unpaired) electrons. The summed E-state index contributed by atoms with van der Waals surface area (Å²) in [6.07, 6.45) is 12.3. The van der Waals surface area contributed by atoms with Gasteiger partial charge in [-0.2, -0.15) is 0 Å². The molecule has 0 fully saturated rings. The SMILES string of the molecule is CCCCC=C(C)C(=O)N(NCCCCC)NCCCCC. The molecular formula is C18H37N3O. The van der Waals surface area contributed by atoms with Crippen molar-refractivity contribution >= 4 is 5.91 Å². The highest BCUT2D eigenvalue weighted by Crippen LogP contribution is 2.04. The summed E-state index contributed by atoms with van der Waals surface area (Å²) in [5.74, 6) is 0.0455. The summed E-state index contributed by atoms with van der Waals surface area (Å²) in [6, 6.07) is 0. The first-order valence-electron chi connectivity index (χ1n) is 9.15. The molecule has 0 rings (SSSR count). The van der Waals surface area contributed by atoms with Crippen molar-refractivity contribution in [1.29, 1.82) is 0 Å². The molecular weight excluding hydrogens is 274 g/mol. The zero-order valence-electron chi connectivity index (χ0n) is 15.2. The molecule has 22 heavy (non-hydrogen) atoms. The summed E-state index contributed by atoms with van der Waals surface area (Å²) in [5, 5.41) is 1.60. The van der Waals surface area contributed by atoms with E-state index in [-0.39, 0.29) is 5.91 Å². The van der Waals surface area contributed by atoms with Gasteiger partial charge in [-0.15, -0.1) is 0 Å². The zero-order valence-corrected chi connectivity index (χ0v) is 15.2. The third-order valence-corrected chi connectivity index (χ3v) is 3.65. The molecule has 0 aliphatic heterocycles. The molecule has 0 saturated carbocycles. The van der Waals surface area contributed by atoms with E-state index < -0.39 is 0 Å². The van der Waals surface area contributed by atoms with Crippen LogP contribution in [-0.4, -0.2) is 24.1 Å². The largest absolute Gasteiger partial charge is 0.278 e. The van der Waals surface area contributed by atoms with Gasteiger partial charge in [0.05, 0.1) is 0 Å². The van der Waals surface area contributed by atoms with Gasteiger partial charge in [0.2, 0.25) is 0 Å². The number of nitrogens with zero attached hydrogens (tertiary/aromatic N) is 1. The highest BCUT2D eigenvalue weighted by molar-refractivity contribution is 5.92. The van der Waals surface area contributed by atoms with Crippen LogP contribution in [0.1, 0.15) is 85.5 Å². The van der Waals surface area contributed by atoms with E-state index in [1.807, 2.05) is 6.92 Å². The van der Waals surface area contributed by atoms with Crippen LogP contribution in [0.4, 0.5) is 0 Å². The van der Waals surface area contributed by atoms with Crippen molar-refractivity contribution in [1.82, 2.24) is 16.0 Å². The van der Waals surface area contributed by atoms with E-state index >= 15 is 0 Å². The van der Waals surface area contributed by atoms with Gasteiger partial charge in [-0.25, -0.2) is 16.0 Å². The van der Waals surface area contributed by atoms with Crippen LogP contribution in [0.2, 0.25) is 0 Å². The molecule has 0 aromatic carbocycles. The van der Waals surface area contributed by atoms with Gasteiger partial charge < -0.3 is 0 Å². The summed E-state index contributed by atoms with van der Waals surface area (Å²) in [6.45, 7) is 10.1. The summed E-state index contributed by atoms with van der Waals surface area (Å²) in [7, 11) is 0. The normalized spacial score (nSPS) is 11.7. The highest BCUT2D eigenvalue weighted by atomic mass is 16.2. The fourth-order valence-corrected chi connectivity index (χ4v) is 2.12. The van der Waals surface area contributed by atoms with Crippen LogP contribution in [0.15, 0.2) is 11.6 Å². The lowest BCUT2D eigenvalue weighted by Crippen LogP contribution is -2.52.